The molecule has 0 aromatic carbocycles. The maximum atomic E-state index is 12.2. The molecule has 0 aromatic rings. The number of nitrogens with zero attached hydrogens (tertiary/aromatic N) is 1. The van der Waals surface area contributed by atoms with Crippen molar-refractivity contribution in [3.8, 4) is 0 Å². The van der Waals surface area contributed by atoms with Gasteiger partial charge in [0.05, 0.1) is 0 Å². The lowest BCUT2D eigenvalue weighted by atomic mass is 9.86. The second-order valence-corrected chi connectivity index (χ2v) is 5.75. The molecule has 1 saturated carbocycles. The van der Waals surface area contributed by atoms with E-state index in [1.165, 1.54) is 32.1 Å². The molecule has 2 fully saturated rings. The third-order valence-corrected chi connectivity index (χ3v) is 4.38. The van der Waals surface area contributed by atoms with E-state index in [-0.39, 0.29) is 5.91 Å². The Balaban J connectivity index is 1.81. The van der Waals surface area contributed by atoms with Gasteiger partial charge in [0.2, 0.25) is 11.8 Å². The molecular weight excluding hydrogens is 242 g/mol. The van der Waals surface area contributed by atoms with E-state index in [0.717, 1.165) is 13.0 Å². The van der Waals surface area contributed by atoms with Gasteiger partial charge in [-0.3, -0.25) is 9.59 Å². The summed E-state index contributed by atoms with van der Waals surface area (Å²) in [5, 5.41) is 3.11. The van der Waals surface area contributed by atoms with Crippen molar-refractivity contribution in [2.45, 2.75) is 51.0 Å². The fraction of sp³-hybridized carbons (Fsp3) is 0.857. The summed E-state index contributed by atoms with van der Waals surface area (Å²) in [5.74, 6) is 0.390. The highest BCUT2D eigenvalue weighted by Crippen LogP contribution is 2.27. The van der Waals surface area contributed by atoms with Gasteiger partial charge in [0, 0.05) is 26.1 Å². The van der Waals surface area contributed by atoms with Crippen LogP contribution in [-0.4, -0.2) is 42.4 Å². The van der Waals surface area contributed by atoms with E-state index in [0.29, 0.717) is 25.4 Å². The van der Waals surface area contributed by atoms with Crippen molar-refractivity contribution in [3.05, 3.63) is 0 Å². The Morgan fingerprint density at radius 3 is 2.63 bits per heavy atom. The van der Waals surface area contributed by atoms with Crippen LogP contribution in [0.1, 0.15) is 44.9 Å². The smallest absolute Gasteiger partial charge is 0.241 e. The average molecular weight is 267 g/mol. The third kappa shape index (κ3) is 3.93. The zero-order chi connectivity index (χ0) is 13.7. The molecule has 2 aliphatic rings. The van der Waals surface area contributed by atoms with Gasteiger partial charge in [0.1, 0.15) is 6.04 Å². The molecule has 1 saturated heterocycles. The van der Waals surface area contributed by atoms with Crippen LogP contribution in [0.25, 0.3) is 0 Å². The van der Waals surface area contributed by atoms with Crippen molar-refractivity contribution in [1.29, 1.82) is 0 Å². The topological polar surface area (TPSA) is 75.4 Å². The molecule has 1 aliphatic carbocycles. The van der Waals surface area contributed by atoms with Crippen molar-refractivity contribution in [2.24, 2.45) is 11.7 Å². The molecule has 5 nitrogen and oxygen atoms in total. The van der Waals surface area contributed by atoms with E-state index in [1.54, 1.807) is 4.90 Å². The number of primary amides is 1. The molecule has 2 amide bonds. The summed E-state index contributed by atoms with van der Waals surface area (Å²) in [4.78, 5) is 25.3. The first-order valence-electron chi connectivity index (χ1n) is 7.48. The van der Waals surface area contributed by atoms with Crippen LogP contribution in [0.4, 0.5) is 0 Å². The molecule has 1 atom stereocenters. The van der Waals surface area contributed by atoms with Crippen molar-refractivity contribution in [3.63, 3.8) is 0 Å². The van der Waals surface area contributed by atoms with E-state index in [2.05, 4.69) is 5.32 Å². The van der Waals surface area contributed by atoms with Gasteiger partial charge >= 0.3 is 0 Å². The highest BCUT2D eigenvalue weighted by molar-refractivity contribution is 5.87. The van der Waals surface area contributed by atoms with Crippen molar-refractivity contribution >= 4 is 11.8 Å². The van der Waals surface area contributed by atoms with Gasteiger partial charge < -0.3 is 16.0 Å². The summed E-state index contributed by atoms with van der Waals surface area (Å²) >= 11 is 0. The van der Waals surface area contributed by atoms with Crippen LogP contribution in [-0.2, 0) is 9.59 Å². The molecule has 0 aromatic heterocycles. The minimum Gasteiger partial charge on any atom is -0.368 e. The van der Waals surface area contributed by atoms with E-state index in [4.69, 9.17) is 5.73 Å². The molecule has 0 bridgehead atoms. The predicted octanol–water partition coefficient (Wildman–Crippen LogP) is 0.633. The lowest BCUT2D eigenvalue weighted by Gasteiger charge is -2.34. The van der Waals surface area contributed by atoms with Crippen LogP contribution in [0.3, 0.4) is 0 Å². The highest BCUT2D eigenvalue weighted by Gasteiger charge is 2.30. The van der Waals surface area contributed by atoms with E-state index >= 15 is 0 Å². The lowest BCUT2D eigenvalue weighted by Crippen LogP contribution is -2.58. The molecule has 108 valence electrons. The standard InChI is InChI=1S/C14H25N3O2/c15-14(19)12-10-16-8-9-17(12)13(18)7-6-11-4-2-1-3-5-11/h11-12,16H,1-10H2,(H2,15,19). The van der Waals surface area contributed by atoms with Gasteiger partial charge in [0.25, 0.3) is 0 Å². The molecule has 0 radical (unpaired) electrons. The first-order chi connectivity index (χ1) is 9.18. The van der Waals surface area contributed by atoms with Gasteiger partial charge in [-0.15, -0.1) is 0 Å². The Morgan fingerprint density at radius 1 is 1.21 bits per heavy atom. The number of nitrogens with one attached hydrogen (secondary N) is 1. The fourth-order valence-electron chi connectivity index (χ4n) is 3.20. The largest absolute Gasteiger partial charge is 0.368 e. The van der Waals surface area contributed by atoms with E-state index in [1.807, 2.05) is 0 Å². The predicted molar refractivity (Wildman–Crippen MR) is 73.4 cm³/mol. The SMILES string of the molecule is NC(=O)C1CNCCN1C(=O)CCC1CCCCC1. The van der Waals surface area contributed by atoms with Crippen LogP contribution < -0.4 is 11.1 Å². The van der Waals surface area contributed by atoms with Gasteiger partial charge in [0.15, 0.2) is 0 Å². The maximum Gasteiger partial charge on any atom is 0.241 e. The molecule has 0 spiro atoms. The van der Waals surface area contributed by atoms with Crippen LogP contribution in [0.2, 0.25) is 0 Å². The summed E-state index contributed by atoms with van der Waals surface area (Å²) in [5.41, 5.74) is 5.36. The summed E-state index contributed by atoms with van der Waals surface area (Å²) in [6, 6.07) is -0.465. The summed E-state index contributed by atoms with van der Waals surface area (Å²) < 4.78 is 0. The first-order valence-corrected chi connectivity index (χ1v) is 7.48. The van der Waals surface area contributed by atoms with Gasteiger partial charge in [-0.2, -0.15) is 0 Å². The monoisotopic (exact) mass is 267 g/mol. The number of hydrogen-bond donors (Lipinski definition) is 2. The molecule has 1 heterocycles. The number of rotatable bonds is 4. The number of amides is 2. The second-order valence-electron chi connectivity index (χ2n) is 5.75. The zero-order valence-corrected chi connectivity index (χ0v) is 11.6. The normalized spacial score (nSPS) is 25.3. The first kappa shape index (κ1) is 14.3. The highest BCUT2D eigenvalue weighted by atomic mass is 16.2. The number of nitrogens with two attached hydrogens (primary N) is 1. The Kier molecular flexibility index (Phi) is 5.19. The molecule has 5 heteroatoms. The van der Waals surface area contributed by atoms with Crippen molar-refractivity contribution in [1.82, 2.24) is 10.2 Å². The number of piperazine rings is 1. The second kappa shape index (κ2) is 6.89. The van der Waals surface area contributed by atoms with Crippen LogP contribution in [0, 0.1) is 5.92 Å². The zero-order valence-electron chi connectivity index (χ0n) is 11.6. The average Bonchev–Trinajstić information content (AvgIpc) is 2.46. The van der Waals surface area contributed by atoms with Gasteiger partial charge in [-0.1, -0.05) is 32.1 Å². The molecule has 19 heavy (non-hydrogen) atoms. The van der Waals surface area contributed by atoms with E-state index in [9.17, 15) is 9.59 Å². The Morgan fingerprint density at radius 2 is 1.95 bits per heavy atom. The molecule has 3 N–H and O–H groups in total. The summed E-state index contributed by atoms with van der Waals surface area (Å²) in [6.45, 7) is 1.83. The van der Waals surface area contributed by atoms with Gasteiger partial charge in [-0.25, -0.2) is 0 Å². The Hall–Kier alpha value is -1.10. The van der Waals surface area contributed by atoms with Crippen molar-refractivity contribution in [2.75, 3.05) is 19.6 Å². The van der Waals surface area contributed by atoms with Crippen LogP contribution in [0.5, 0.6) is 0 Å². The Labute approximate surface area is 114 Å². The molecular formula is C14H25N3O2. The number of hydrogen-bond acceptors (Lipinski definition) is 3. The number of carbonyl (C=O) groups is 2. The molecule has 2 rings (SSSR count). The summed E-state index contributed by atoms with van der Waals surface area (Å²) in [6.07, 6.45) is 7.99. The lowest BCUT2D eigenvalue weighted by molar-refractivity contribution is -0.140. The quantitative estimate of drug-likeness (QED) is 0.784. The van der Waals surface area contributed by atoms with Gasteiger partial charge in [-0.05, 0) is 12.3 Å². The van der Waals surface area contributed by atoms with Crippen LogP contribution in [0.15, 0.2) is 0 Å². The molecule has 1 aliphatic heterocycles. The summed E-state index contributed by atoms with van der Waals surface area (Å²) in [7, 11) is 0. The maximum absolute atomic E-state index is 12.2. The van der Waals surface area contributed by atoms with E-state index < -0.39 is 11.9 Å². The third-order valence-electron chi connectivity index (χ3n) is 4.38. The minimum absolute atomic E-state index is 0.0934. The fourth-order valence-corrected chi connectivity index (χ4v) is 3.20. The minimum atomic E-state index is -0.465. The Bertz CT molecular complexity index is 327. The number of carbonyl (C=O) groups excluding carboxylic acids is 2. The van der Waals surface area contributed by atoms with Crippen LogP contribution >= 0.6 is 0 Å². The van der Waals surface area contributed by atoms with Crippen molar-refractivity contribution < 1.29 is 9.59 Å². The molecule has 1 unspecified atom stereocenters.